The van der Waals surface area contributed by atoms with Crippen molar-refractivity contribution in [3.63, 3.8) is 0 Å². The number of benzene rings is 1. The molecule has 0 radical (unpaired) electrons. The molecule has 0 amide bonds. The maximum Gasteiger partial charge on any atom is 0.171 e. The number of rotatable bonds is 3. The maximum atomic E-state index is 6.18. The normalized spacial score (nSPS) is 10.6. The average molecular weight is 341 g/mol. The number of hydrogen-bond donors (Lipinski definition) is 0. The van der Waals surface area contributed by atoms with Crippen molar-refractivity contribution in [2.24, 2.45) is 0 Å². The molecule has 19 heavy (non-hydrogen) atoms. The lowest BCUT2D eigenvalue weighted by atomic mass is 10.2. The number of hydrogen-bond acceptors (Lipinski definition) is 3. The van der Waals surface area contributed by atoms with Gasteiger partial charge >= 0.3 is 0 Å². The highest BCUT2D eigenvalue weighted by molar-refractivity contribution is 9.10. The molecule has 2 aromatic rings. The molecule has 100 valence electrons. The Kier molecular flexibility index (Phi) is 4.42. The fourth-order valence-electron chi connectivity index (χ4n) is 1.76. The van der Waals surface area contributed by atoms with E-state index < -0.39 is 0 Å². The van der Waals surface area contributed by atoms with Gasteiger partial charge in [-0.25, -0.2) is 9.97 Å². The van der Waals surface area contributed by atoms with Gasteiger partial charge in [0, 0.05) is 18.1 Å². The molecule has 0 unspecified atom stereocenters. The summed E-state index contributed by atoms with van der Waals surface area (Å²) in [7, 11) is 1.96. The Bertz CT molecular complexity index is 601. The first kappa shape index (κ1) is 14.3. The van der Waals surface area contributed by atoms with Crippen LogP contribution in [0.1, 0.15) is 17.0 Å². The minimum Gasteiger partial charge on any atom is -0.353 e. The lowest BCUT2D eigenvalue weighted by molar-refractivity contribution is 0.873. The lowest BCUT2D eigenvalue weighted by Crippen LogP contribution is -2.19. The van der Waals surface area contributed by atoms with Gasteiger partial charge in [-0.2, -0.15) is 0 Å². The first-order valence-corrected chi connectivity index (χ1v) is 7.11. The number of anilines is 1. The van der Waals surface area contributed by atoms with Gasteiger partial charge in [-0.15, -0.1) is 0 Å². The van der Waals surface area contributed by atoms with Crippen LogP contribution < -0.4 is 4.90 Å². The third-order valence-corrected chi connectivity index (χ3v) is 4.00. The van der Waals surface area contributed by atoms with Crippen molar-refractivity contribution in [3.05, 3.63) is 50.8 Å². The zero-order valence-corrected chi connectivity index (χ0v) is 13.5. The third kappa shape index (κ3) is 3.25. The summed E-state index contributed by atoms with van der Waals surface area (Å²) in [4.78, 5) is 10.8. The zero-order chi connectivity index (χ0) is 14.0. The van der Waals surface area contributed by atoms with E-state index in [-0.39, 0.29) is 0 Å². The van der Waals surface area contributed by atoms with Crippen molar-refractivity contribution >= 4 is 33.3 Å². The standard InChI is InChI=1S/C14H15BrClN3/c1-9-10(2)18-14(13(16)17-9)19(3)8-11-6-4-5-7-12(11)15/h4-7H,8H2,1-3H3. The van der Waals surface area contributed by atoms with E-state index in [2.05, 4.69) is 32.0 Å². The molecule has 0 aliphatic heterocycles. The molecule has 3 nitrogen and oxygen atoms in total. The van der Waals surface area contributed by atoms with E-state index in [1.54, 1.807) is 0 Å². The van der Waals surface area contributed by atoms with Crippen molar-refractivity contribution in [3.8, 4) is 0 Å². The second kappa shape index (κ2) is 5.88. The molecule has 0 fully saturated rings. The average Bonchev–Trinajstić information content (AvgIpc) is 2.36. The summed E-state index contributed by atoms with van der Waals surface area (Å²) in [5.41, 5.74) is 2.95. The summed E-state index contributed by atoms with van der Waals surface area (Å²) in [5, 5.41) is 0.442. The summed E-state index contributed by atoms with van der Waals surface area (Å²) in [6.07, 6.45) is 0. The smallest absolute Gasteiger partial charge is 0.171 e. The Morgan fingerprint density at radius 2 is 1.79 bits per heavy atom. The van der Waals surface area contributed by atoms with Crippen molar-refractivity contribution < 1.29 is 0 Å². The van der Waals surface area contributed by atoms with Crippen LogP contribution in [0.5, 0.6) is 0 Å². The monoisotopic (exact) mass is 339 g/mol. The van der Waals surface area contributed by atoms with Crippen LogP contribution in [0.15, 0.2) is 28.7 Å². The van der Waals surface area contributed by atoms with Crippen LogP contribution in [0.4, 0.5) is 5.82 Å². The number of nitrogens with zero attached hydrogens (tertiary/aromatic N) is 3. The molecule has 0 bridgehead atoms. The van der Waals surface area contributed by atoms with Crippen molar-refractivity contribution in [2.75, 3.05) is 11.9 Å². The predicted octanol–water partition coefficient (Wildman–Crippen LogP) is 4.15. The minimum absolute atomic E-state index is 0.442. The van der Waals surface area contributed by atoms with Crippen LogP contribution in [0.2, 0.25) is 5.15 Å². The van der Waals surface area contributed by atoms with E-state index in [0.717, 1.165) is 22.4 Å². The SMILES string of the molecule is Cc1nc(Cl)c(N(C)Cc2ccccc2Br)nc1C. The number of halogens is 2. The number of aryl methyl sites for hydroxylation is 2. The highest BCUT2D eigenvalue weighted by Gasteiger charge is 2.12. The number of aromatic nitrogens is 2. The van der Waals surface area contributed by atoms with Gasteiger partial charge in [0.05, 0.1) is 11.4 Å². The lowest BCUT2D eigenvalue weighted by Gasteiger charge is -2.20. The van der Waals surface area contributed by atoms with Gasteiger partial charge < -0.3 is 4.90 Å². The molecule has 0 saturated heterocycles. The zero-order valence-electron chi connectivity index (χ0n) is 11.1. The molecule has 0 N–H and O–H groups in total. The van der Waals surface area contributed by atoms with Gasteiger partial charge in [-0.05, 0) is 25.5 Å². The highest BCUT2D eigenvalue weighted by atomic mass is 79.9. The topological polar surface area (TPSA) is 29.0 Å². The molecule has 1 aromatic carbocycles. The molecule has 0 aliphatic rings. The van der Waals surface area contributed by atoms with Crippen molar-refractivity contribution in [2.45, 2.75) is 20.4 Å². The molecular formula is C14H15BrClN3. The van der Waals surface area contributed by atoms with Crippen LogP contribution in [-0.4, -0.2) is 17.0 Å². The Morgan fingerprint density at radius 3 is 2.47 bits per heavy atom. The van der Waals surface area contributed by atoms with Gasteiger partial charge in [-0.1, -0.05) is 45.7 Å². The second-order valence-corrected chi connectivity index (χ2v) is 5.67. The van der Waals surface area contributed by atoms with E-state index in [0.29, 0.717) is 11.0 Å². The van der Waals surface area contributed by atoms with Gasteiger partial charge in [0.2, 0.25) is 0 Å². The van der Waals surface area contributed by atoms with Crippen LogP contribution in [0, 0.1) is 13.8 Å². The van der Waals surface area contributed by atoms with Crippen molar-refractivity contribution in [1.82, 2.24) is 9.97 Å². The molecule has 2 rings (SSSR count). The van der Waals surface area contributed by atoms with E-state index in [1.807, 2.05) is 44.0 Å². The summed E-state index contributed by atoms with van der Waals surface area (Å²) < 4.78 is 1.08. The molecule has 1 aromatic heterocycles. The molecular weight excluding hydrogens is 326 g/mol. The van der Waals surface area contributed by atoms with E-state index in [9.17, 15) is 0 Å². The van der Waals surface area contributed by atoms with Crippen LogP contribution >= 0.6 is 27.5 Å². The molecule has 0 spiro atoms. The fraction of sp³-hybridized carbons (Fsp3) is 0.286. The Labute approximate surface area is 126 Å². The molecule has 5 heteroatoms. The molecule has 0 atom stereocenters. The predicted molar refractivity (Wildman–Crippen MR) is 82.8 cm³/mol. The van der Waals surface area contributed by atoms with E-state index in [1.165, 1.54) is 5.56 Å². The summed E-state index contributed by atoms with van der Waals surface area (Å²) >= 11 is 9.72. The van der Waals surface area contributed by atoms with Gasteiger partial charge in [0.25, 0.3) is 0 Å². The second-order valence-electron chi connectivity index (χ2n) is 4.46. The van der Waals surface area contributed by atoms with E-state index in [4.69, 9.17) is 11.6 Å². The van der Waals surface area contributed by atoms with Crippen LogP contribution in [-0.2, 0) is 6.54 Å². The largest absolute Gasteiger partial charge is 0.353 e. The quantitative estimate of drug-likeness (QED) is 0.840. The van der Waals surface area contributed by atoms with Gasteiger partial charge in [0.1, 0.15) is 0 Å². The maximum absolute atomic E-state index is 6.18. The summed E-state index contributed by atoms with van der Waals surface area (Å²) in [6, 6.07) is 8.11. The van der Waals surface area contributed by atoms with E-state index >= 15 is 0 Å². The summed E-state index contributed by atoms with van der Waals surface area (Å²) in [5.74, 6) is 0.709. The van der Waals surface area contributed by atoms with Crippen LogP contribution in [0.3, 0.4) is 0 Å². The molecule has 0 saturated carbocycles. The summed E-state index contributed by atoms with van der Waals surface area (Å²) in [6.45, 7) is 4.57. The van der Waals surface area contributed by atoms with Gasteiger partial charge in [-0.3, -0.25) is 0 Å². The van der Waals surface area contributed by atoms with Crippen molar-refractivity contribution in [1.29, 1.82) is 0 Å². The van der Waals surface area contributed by atoms with Crippen LogP contribution in [0.25, 0.3) is 0 Å². The highest BCUT2D eigenvalue weighted by Crippen LogP contribution is 2.25. The van der Waals surface area contributed by atoms with Gasteiger partial charge in [0.15, 0.2) is 11.0 Å². The minimum atomic E-state index is 0.442. The first-order chi connectivity index (χ1) is 8.99. The molecule has 0 aliphatic carbocycles. The fourth-order valence-corrected chi connectivity index (χ4v) is 2.49. The third-order valence-electron chi connectivity index (χ3n) is 2.97. The first-order valence-electron chi connectivity index (χ1n) is 5.94. The Balaban J connectivity index is 2.28. The Hall–Kier alpha value is -1.13. The Morgan fingerprint density at radius 1 is 1.16 bits per heavy atom. The molecule has 1 heterocycles.